The number of carbonyl (C=O) groups excluding carboxylic acids is 1. The van der Waals surface area contributed by atoms with Gasteiger partial charge in [0.1, 0.15) is 11.4 Å². The maximum Gasteiger partial charge on any atom is 0.273 e. The Balaban J connectivity index is 1.74. The average Bonchev–Trinajstić information content (AvgIpc) is 3.06. The monoisotopic (exact) mass is 371 g/mol. The summed E-state index contributed by atoms with van der Waals surface area (Å²) < 4.78 is 6.08. The molecule has 2 N–H and O–H groups in total. The SMILES string of the molecule is COc1ccc(NC(=O)c2cc(-c3ccc(Br)cc3)n[nH]2)cc1. The lowest BCUT2D eigenvalue weighted by molar-refractivity contribution is 0.102. The highest BCUT2D eigenvalue weighted by Crippen LogP contribution is 2.21. The normalized spacial score (nSPS) is 10.3. The third kappa shape index (κ3) is 3.60. The van der Waals surface area contributed by atoms with Gasteiger partial charge >= 0.3 is 0 Å². The zero-order valence-electron chi connectivity index (χ0n) is 12.3. The fourth-order valence-electron chi connectivity index (χ4n) is 2.08. The number of nitrogens with one attached hydrogen (secondary N) is 2. The molecule has 0 unspecified atom stereocenters. The van der Waals surface area contributed by atoms with Crippen LogP contribution >= 0.6 is 15.9 Å². The first-order valence-corrected chi connectivity index (χ1v) is 7.72. The largest absolute Gasteiger partial charge is 0.497 e. The number of halogens is 1. The highest BCUT2D eigenvalue weighted by Gasteiger charge is 2.11. The molecule has 3 aromatic rings. The van der Waals surface area contributed by atoms with Gasteiger partial charge in [-0.3, -0.25) is 9.89 Å². The lowest BCUT2D eigenvalue weighted by Crippen LogP contribution is -2.12. The first-order valence-electron chi connectivity index (χ1n) is 6.92. The number of hydrogen-bond donors (Lipinski definition) is 2. The van der Waals surface area contributed by atoms with Crippen molar-refractivity contribution < 1.29 is 9.53 Å². The van der Waals surface area contributed by atoms with Gasteiger partial charge in [-0.15, -0.1) is 0 Å². The zero-order chi connectivity index (χ0) is 16.2. The molecule has 0 atom stereocenters. The second-order valence-electron chi connectivity index (χ2n) is 4.86. The van der Waals surface area contributed by atoms with Gasteiger partial charge < -0.3 is 10.1 Å². The summed E-state index contributed by atoms with van der Waals surface area (Å²) in [5.74, 6) is 0.494. The second kappa shape index (κ2) is 6.66. The van der Waals surface area contributed by atoms with Crippen molar-refractivity contribution in [3.05, 3.63) is 64.8 Å². The molecule has 0 bridgehead atoms. The molecule has 0 saturated heterocycles. The number of carbonyl (C=O) groups is 1. The molecule has 0 spiro atoms. The lowest BCUT2D eigenvalue weighted by atomic mass is 10.1. The van der Waals surface area contributed by atoms with Crippen LogP contribution in [0.5, 0.6) is 5.75 Å². The van der Waals surface area contributed by atoms with E-state index in [-0.39, 0.29) is 5.91 Å². The fraction of sp³-hybridized carbons (Fsp3) is 0.0588. The number of amides is 1. The van der Waals surface area contributed by atoms with Gasteiger partial charge in [-0.2, -0.15) is 5.10 Å². The quantitative estimate of drug-likeness (QED) is 0.725. The number of aromatic nitrogens is 2. The van der Waals surface area contributed by atoms with Gasteiger partial charge in [-0.05, 0) is 42.5 Å². The Labute approximate surface area is 141 Å². The van der Waals surface area contributed by atoms with Gasteiger partial charge in [0.25, 0.3) is 5.91 Å². The first-order chi connectivity index (χ1) is 11.2. The van der Waals surface area contributed by atoms with Crippen LogP contribution < -0.4 is 10.1 Å². The summed E-state index contributed by atoms with van der Waals surface area (Å²) in [7, 11) is 1.60. The maximum atomic E-state index is 12.2. The zero-order valence-corrected chi connectivity index (χ0v) is 13.9. The number of rotatable bonds is 4. The van der Waals surface area contributed by atoms with Crippen LogP contribution in [0, 0.1) is 0 Å². The molecule has 0 aliphatic carbocycles. The highest BCUT2D eigenvalue weighted by molar-refractivity contribution is 9.10. The first kappa shape index (κ1) is 15.3. The molecule has 0 saturated carbocycles. The number of benzene rings is 2. The van der Waals surface area contributed by atoms with Crippen molar-refractivity contribution in [2.45, 2.75) is 0 Å². The van der Waals surface area contributed by atoms with Gasteiger partial charge in [0.05, 0.1) is 12.8 Å². The lowest BCUT2D eigenvalue weighted by Gasteiger charge is -2.04. The second-order valence-corrected chi connectivity index (χ2v) is 5.77. The molecule has 1 heterocycles. The molecule has 0 aliphatic rings. The van der Waals surface area contributed by atoms with E-state index in [2.05, 4.69) is 31.4 Å². The Morgan fingerprint density at radius 1 is 1.13 bits per heavy atom. The van der Waals surface area contributed by atoms with Crippen molar-refractivity contribution in [1.82, 2.24) is 10.2 Å². The van der Waals surface area contributed by atoms with E-state index in [4.69, 9.17) is 4.74 Å². The van der Waals surface area contributed by atoms with E-state index in [0.717, 1.165) is 21.5 Å². The summed E-state index contributed by atoms with van der Waals surface area (Å²) in [6.45, 7) is 0. The van der Waals surface area contributed by atoms with Crippen LogP contribution in [0.2, 0.25) is 0 Å². The Morgan fingerprint density at radius 3 is 2.48 bits per heavy atom. The molecule has 1 aromatic heterocycles. The third-order valence-electron chi connectivity index (χ3n) is 3.31. The van der Waals surface area contributed by atoms with E-state index in [9.17, 15) is 4.79 Å². The summed E-state index contributed by atoms with van der Waals surface area (Å²) in [5.41, 5.74) is 2.75. The number of anilines is 1. The van der Waals surface area contributed by atoms with Gasteiger partial charge in [-0.1, -0.05) is 28.1 Å². The molecule has 0 aliphatic heterocycles. The van der Waals surface area contributed by atoms with Crippen molar-refractivity contribution in [1.29, 1.82) is 0 Å². The van der Waals surface area contributed by atoms with Crippen molar-refractivity contribution in [2.75, 3.05) is 12.4 Å². The van der Waals surface area contributed by atoms with Gasteiger partial charge in [-0.25, -0.2) is 0 Å². The summed E-state index contributed by atoms with van der Waals surface area (Å²) in [4.78, 5) is 12.2. The number of aromatic amines is 1. The van der Waals surface area contributed by atoms with Crippen LogP contribution in [-0.4, -0.2) is 23.2 Å². The molecular weight excluding hydrogens is 358 g/mol. The van der Waals surface area contributed by atoms with Crippen LogP contribution in [0.1, 0.15) is 10.5 Å². The number of methoxy groups -OCH3 is 1. The van der Waals surface area contributed by atoms with Crippen molar-refractivity contribution in [3.63, 3.8) is 0 Å². The summed E-state index contributed by atoms with van der Waals surface area (Å²) in [6.07, 6.45) is 0. The third-order valence-corrected chi connectivity index (χ3v) is 3.84. The van der Waals surface area contributed by atoms with Crippen LogP contribution in [0.15, 0.2) is 59.1 Å². The number of hydrogen-bond acceptors (Lipinski definition) is 3. The summed E-state index contributed by atoms with van der Waals surface area (Å²) in [5, 5.41) is 9.76. The van der Waals surface area contributed by atoms with Crippen LogP contribution in [0.25, 0.3) is 11.3 Å². The fourth-order valence-corrected chi connectivity index (χ4v) is 2.34. The maximum absolute atomic E-state index is 12.2. The van der Waals surface area contributed by atoms with Gasteiger partial charge in [0.15, 0.2) is 0 Å². The van der Waals surface area contributed by atoms with Crippen molar-refractivity contribution in [2.24, 2.45) is 0 Å². The summed E-state index contributed by atoms with van der Waals surface area (Å²) >= 11 is 3.39. The van der Waals surface area contributed by atoms with E-state index >= 15 is 0 Å². The number of ether oxygens (including phenoxy) is 1. The molecule has 2 aromatic carbocycles. The Bertz CT molecular complexity index is 811. The molecule has 0 radical (unpaired) electrons. The van der Waals surface area contributed by atoms with E-state index in [1.54, 1.807) is 37.4 Å². The minimum Gasteiger partial charge on any atom is -0.497 e. The van der Waals surface area contributed by atoms with Crippen LogP contribution in [-0.2, 0) is 0 Å². The Morgan fingerprint density at radius 2 is 1.83 bits per heavy atom. The van der Waals surface area contributed by atoms with Crippen molar-refractivity contribution in [3.8, 4) is 17.0 Å². The average molecular weight is 372 g/mol. The van der Waals surface area contributed by atoms with E-state index in [1.165, 1.54) is 0 Å². The van der Waals surface area contributed by atoms with Crippen molar-refractivity contribution >= 4 is 27.5 Å². The minimum atomic E-state index is -0.244. The molecule has 5 nitrogen and oxygen atoms in total. The predicted octanol–water partition coefficient (Wildman–Crippen LogP) is 4.10. The topological polar surface area (TPSA) is 67.0 Å². The molecule has 6 heteroatoms. The smallest absolute Gasteiger partial charge is 0.273 e. The number of nitrogens with zero attached hydrogens (tertiary/aromatic N) is 1. The van der Waals surface area contributed by atoms with Gasteiger partial charge in [0, 0.05) is 15.7 Å². The van der Waals surface area contributed by atoms with Crippen LogP contribution in [0.3, 0.4) is 0 Å². The predicted molar refractivity (Wildman–Crippen MR) is 92.7 cm³/mol. The standard InChI is InChI=1S/C17H14BrN3O2/c1-23-14-8-6-13(7-9-14)19-17(22)16-10-15(20-21-16)11-2-4-12(18)5-3-11/h2-10H,1H3,(H,19,22)(H,20,21). The molecule has 0 fully saturated rings. The molecular formula is C17H14BrN3O2. The molecule has 1 amide bonds. The van der Waals surface area contributed by atoms with E-state index < -0.39 is 0 Å². The Hall–Kier alpha value is -2.60. The van der Waals surface area contributed by atoms with E-state index in [1.807, 2.05) is 24.3 Å². The van der Waals surface area contributed by atoms with Gasteiger partial charge in [0.2, 0.25) is 0 Å². The van der Waals surface area contributed by atoms with E-state index in [0.29, 0.717) is 11.4 Å². The molecule has 3 rings (SSSR count). The minimum absolute atomic E-state index is 0.244. The summed E-state index contributed by atoms with van der Waals surface area (Å²) in [6, 6.07) is 16.6. The molecule has 116 valence electrons. The number of H-pyrrole nitrogens is 1. The molecule has 23 heavy (non-hydrogen) atoms. The Kier molecular flexibility index (Phi) is 4.43. The van der Waals surface area contributed by atoms with Crippen LogP contribution in [0.4, 0.5) is 5.69 Å². The highest BCUT2D eigenvalue weighted by atomic mass is 79.9.